The number of aryl methyl sites for hydroxylation is 1. The van der Waals surface area contributed by atoms with Crippen molar-refractivity contribution in [1.82, 2.24) is 4.98 Å². The van der Waals surface area contributed by atoms with E-state index in [2.05, 4.69) is 10.3 Å². The fourth-order valence-corrected chi connectivity index (χ4v) is 4.14. The summed E-state index contributed by atoms with van der Waals surface area (Å²) < 4.78 is 16.3. The number of alkyl halides is 1. The predicted octanol–water partition coefficient (Wildman–Crippen LogP) is 5.09. The van der Waals surface area contributed by atoms with Crippen LogP contribution >= 0.6 is 11.6 Å². The third-order valence-corrected chi connectivity index (χ3v) is 5.58. The van der Waals surface area contributed by atoms with Gasteiger partial charge in [0, 0.05) is 28.4 Å². The number of hydrogen-bond donors (Lipinski definition) is 3. The van der Waals surface area contributed by atoms with Gasteiger partial charge in [-0.15, -0.1) is 11.6 Å². The van der Waals surface area contributed by atoms with Crippen LogP contribution in [0.1, 0.15) is 16.1 Å². The molecule has 1 aromatic heterocycles. The van der Waals surface area contributed by atoms with Gasteiger partial charge in [-0.05, 0) is 29.5 Å². The second-order valence-corrected chi connectivity index (χ2v) is 7.53. The average Bonchev–Trinajstić information content (AvgIpc) is 3.24. The summed E-state index contributed by atoms with van der Waals surface area (Å²) >= 11 is 6.03. The first-order valence-electron chi connectivity index (χ1n) is 9.95. The maximum absolute atomic E-state index is 13.1. The number of benzene rings is 3. The molecule has 0 saturated heterocycles. The van der Waals surface area contributed by atoms with E-state index < -0.39 is 0 Å². The lowest BCUT2D eigenvalue weighted by atomic mass is 9.99. The monoisotopic (exact) mass is 454 g/mol. The summed E-state index contributed by atoms with van der Waals surface area (Å²) in [4.78, 5) is 16.2. The Hall–Kier alpha value is -3.58. The summed E-state index contributed by atoms with van der Waals surface area (Å²) in [6, 6.07) is 12.5. The van der Waals surface area contributed by atoms with Crippen molar-refractivity contribution in [1.29, 1.82) is 0 Å². The molecular formula is C24H23ClN2O5. The molecule has 4 rings (SSSR count). The van der Waals surface area contributed by atoms with Gasteiger partial charge in [-0.1, -0.05) is 24.3 Å². The zero-order valence-corrected chi connectivity index (χ0v) is 18.7. The van der Waals surface area contributed by atoms with Crippen molar-refractivity contribution in [2.24, 2.45) is 0 Å². The molecule has 8 heteroatoms. The maximum Gasteiger partial charge on any atom is 0.272 e. The number of ether oxygens (including phenoxy) is 3. The molecule has 0 aliphatic heterocycles. The Bertz CT molecular complexity index is 1320. The topological polar surface area (TPSA) is 92.8 Å². The number of hydrogen-bond acceptors (Lipinski definition) is 5. The number of phenolic OH excluding ortho intramolecular Hbond substituents is 1. The zero-order chi connectivity index (χ0) is 22.8. The number of nitrogens with one attached hydrogen (secondary N) is 2. The fraction of sp³-hybridized carbons (Fsp3) is 0.208. The van der Waals surface area contributed by atoms with E-state index in [1.54, 1.807) is 18.2 Å². The van der Waals surface area contributed by atoms with Crippen molar-refractivity contribution >= 4 is 44.9 Å². The van der Waals surface area contributed by atoms with Gasteiger partial charge >= 0.3 is 0 Å². The SMILES string of the molecule is COc1cc2cc(C(=O)Nc3cc(O)c4ccccc4c3CCCl)[nH]c2c(OC)c1OC. The van der Waals surface area contributed by atoms with E-state index in [1.165, 1.54) is 21.3 Å². The Morgan fingerprint density at radius 3 is 2.41 bits per heavy atom. The molecule has 3 aromatic carbocycles. The molecule has 0 aliphatic carbocycles. The Balaban J connectivity index is 1.78. The fourth-order valence-electron chi connectivity index (χ4n) is 3.95. The summed E-state index contributed by atoms with van der Waals surface area (Å²) in [6.45, 7) is 0. The number of carbonyl (C=O) groups is 1. The number of amides is 1. The first-order chi connectivity index (χ1) is 15.5. The van der Waals surface area contributed by atoms with Gasteiger partial charge in [-0.3, -0.25) is 4.79 Å². The minimum atomic E-state index is -0.369. The highest BCUT2D eigenvalue weighted by Crippen LogP contribution is 2.43. The number of aromatic nitrogens is 1. The van der Waals surface area contributed by atoms with E-state index in [9.17, 15) is 9.90 Å². The molecule has 0 radical (unpaired) electrons. The van der Waals surface area contributed by atoms with E-state index >= 15 is 0 Å². The lowest BCUT2D eigenvalue weighted by Gasteiger charge is -2.14. The number of halogens is 1. The number of carbonyl (C=O) groups excluding carboxylic acids is 1. The number of rotatable bonds is 7. The lowest BCUT2D eigenvalue weighted by Crippen LogP contribution is -2.14. The molecule has 32 heavy (non-hydrogen) atoms. The first kappa shape index (κ1) is 21.6. The van der Waals surface area contributed by atoms with Gasteiger partial charge in [0.2, 0.25) is 5.75 Å². The summed E-state index contributed by atoms with van der Waals surface area (Å²) in [5, 5.41) is 15.7. The van der Waals surface area contributed by atoms with Crippen molar-refractivity contribution in [3.8, 4) is 23.0 Å². The lowest BCUT2D eigenvalue weighted by molar-refractivity contribution is 0.102. The maximum atomic E-state index is 13.1. The van der Waals surface area contributed by atoms with Crippen LogP contribution < -0.4 is 19.5 Å². The third kappa shape index (κ3) is 3.65. The number of H-pyrrole nitrogens is 1. The minimum absolute atomic E-state index is 0.0852. The molecule has 3 N–H and O–H groups in total. The summed E-state index contributed by atoms with van der Waals surface area (Å²) in [6.07, 6.45) is 0.535. The van der Waals surface area contributed by atoms with Crippen LogP contribution in [0.25, 0.3) is 21.7 Å². The van der Waals surface area contributed by atoms with E-state index in [0.717, 1.165) is 16.3 Å². The van der Waals surface area contributed by atoms with Crippen LogP contribution in [0.5, 0.6) is 23.0 Å². The Kier molecular flexibility index (Phi) is 6.01. The summed E-state index contributed by atoms with van der Waals surface area (Å²) in [5.41, 5.74) is 2.29. The van der Waals surface area contributed by atoms with E-state index in [1.807, 2.05) is 24.3 Å². The summed E-state index contributed by atoms with van der Waals surface area (Å²) in [7, 11) is 4.58. The summed E-state index contributed by atoms with van der Waals surface area (Å²) in [5.74, 6) is 1.45. The highest BCUT2D eigenvalue weighted by molar-refractivity contribution is 6.18. The van der Waals surface area contributed by atoms with Crippen LogP contribution in [0, 0.1) is 0 Å². The van der Waals surface area contributed by atoms with Gasteiger partial charge in [0.05, 0.1) is 26.8 Å². The van der Waals surface area contributed by atoms with Crippen LogP contribution in [0.3, 0.4) is 0 Å². The molecule has 0 spiro atoms. The molecule has 0 aliphatic rings. The molecule has 0 fully saturated rings. The molecule has 0 saturated carbocycles. The molecule has 0 atom stereocenters. The minimum Gasteiger partial charge on any atom is -0.507 e. The van der Waals surface area contributed by atoms with Crippen LogP contribution in [0.4, 0.5) is 5.69 Å². The molecule has 0 unspecified atom stereocenters. The second kappa shape index (κ2) is 8.88. The van der Waals surface area contributed by atoms with Gasteiger partial charge in [-0.25, -0.2) is 0 Å². The molecule has 1 amide bonds. The average molecular weight is 455 g/mol. The Labute approximate surface area is 189 Å². The van der Waals surface area contributed by atoms with E-state index in [0.29, 0.717) is 51.8 Å². The highest BCUT2D eigenvalue weighted by Gasteiger charge is 2.21. The van der Waals surface area contributed by atoms with Gasteiger partial charge in [-0.2, -0.15) is 0 Å². The third-order valence-electron chi connectivity index (χ3n) is 5.39. The van der Waals surface area contributed by atoms with E-state index in [-0.39, 0.29) is 11.7 Å². The van der Waals surface area contributed by atoms with Crippen LogP contribution in [-0.4, -0.2) is 43.2 Å². The molecule has 7 nitrogen and oxygen atoms in total. The first-order valence-corrected chi connectivity index (χ1v) is 10.5. The van der Waals surface area contributed by atoms with Crippen molar-refractivity contribution in [2.75, 3.05) is 32.5 Å². The van der Waals surface area contributed by atoms with Gasteiger partial charge in [0.1, 0.15) is 11.4 Å². The molecule has 0 bridgehead atoms. The molecule has 166 valence electrons. The van der Waals surface area contributed by atoms with E-state index in [4.69, 9.17) is 25.8 Å². The number of anilines is 1. The van der Waals surface area contributed by atoms with Crippen molar-refractivity contribution in [3.63, 3.8) is 0 Å². The Morgan fingerprint density at radius 2 is 1.75 bits per heavy atom. The largest absolute Gasteiger partial charge is 0.507 e. The highest BCUT2D eigenvalue weighted by atomic mass is 35.5. The quantitative estimate of drug-likeness (QED) is 0.338. The van der Waals surface area contributed by atoms with Crippen LogP contribution in [0.15, 0.2) is 42.5 Å². The normalized spacial score (nSPS) is 11.0. The van der Waals surface area contributed by atoms with Gasteiger partial charge < -0.3 is 29.6 Å². The number of phenols is 1. The smallest absolute Gasteiger partial charge is 0.272 e. The Morgan fingerprint density at radius 1 is 1.03 bits per heavy atom. The van der Waals surface area contributed by atoms with Crippen molar-refractivity contribution in [2.45, 2.75) is 6.42 Å². The molecule has 4 aromatic rings. The predicted molar refractivity (Wildman–Crippen MR) is 126 cm³/mol. The zero-order valence-electron chi connectivity index (χ0n) is 17.9. The van der Waals surface area contributed by atoms with Crippen molar-refractivity contribution < 1.29 is 24.1 Å². The standard InChI is InChI=1S/C24H23ClN2O5/c1-30-20-11-13-10-18(26-21(13)23(32-3)22(20)31-2)24(29)27-17-12-19(28)16-7-5-4-6-14(16)15(17)8-9-25/h4-7,10-12,26,28H,8-9H2,1-3H3,(H,27,29). The van der Waals surface area contributed by atoms with Crippen molar-refractivity contribution in [3.05, 3.63) is 53.7 Å². The number of fused-ring (bicyclic) bond motifs is 2. The van der Waals surface area contributed by atoms with Crippen LogP contribution in [0.2, 0.25) is 0 Å². The van der Waals surface area contributed by atoms with Gasteiger partial charge in [0.15, 0.2) is 11.5 Å². The van der Waals surface area contributed by atoms with Gasteiger partial charge in [0.25, 0.3) is 5.91 Å². The number of methoxy groups -OCH3 is 3. The molecular weight excluding hydrogens is 432 g/mol. The molecule has 1 heterocycles. The van der Waals surface area contributed by atoms with Crippen LogP contribution in [-0.2, 0) is 6.42 Å². The second-order valence-electron chi connectivity index (χ2n) is 7.15. The number of aromatic amines is 1. The number of aromatic hydroxyl groups is 1.